The minimum absolute atomic E-state index is 0.111. The van der Waals surface area contributed by atoms with Crippen LogP contribution in [-0.2, 0) is 4.74 Å². The highest BCUT2D eigenvalue weighted by Gasteiger charge is 2.31. The summed E-state index contributed by atoms with van der Waals surface area (Å²) in [6.07, 6.45) is 1.84. The molecule has 0 amide bonds. The molecule has 0 saturated heterocycles. The van der Waals surface area contributed by atoms with Gasteiger partial charge in [0.05, 0.1) is 5.60 Å². The molecule has 2 unspecified atom stereocenters. The SMILES string of the molecule is CC#CCC(NCC)C(C)(CC)OC. The molecule has 82 valence electrons. The van der Waals surface area contributed by atoms with Crippen molar-refractivity contribution >= 4 is 0 Å². The molecule has 2 nitrogen and oxygen atoms in total. The fourth-order valence-electron chi connectivity index (χ4n) is 1.49. The summed E-state index contributed by atoms with van der Waals surface area (Å²) in [6, 6.07) is 0.315. The van der Waals surface area contributed by atoms with Gasteiger partial charge in [0.15, 0.2) is 0 Å². The van der Waals surface area contributed by atoms with Crippen molar-refractivity contribution in [2.24, 2.45) is 0 Å². The van der Waals surface area contributed by atoms with Gasteiger partial charge in [-0.15, -0.1) is 11.8 Å². The lowest BCUT2D eigenvalue weighted by atomic mass is 9.91. The van der Waals surface area contributed by atoms with Gasteiger partial charge in [0.25, 0.3) is 0 Å². The van der Waals surface area contributed by atoms with Crippen LogP contribution in [0.15, 0.2) is 0 Å². The van der Waals surface area contributed by atoms with Crippen LogP contribution in [0.5, 0.6) is 0 Å². The summed E-state index contributed by atoms with van der Waals surface area (Å²) in [6.45, 7) is 9.22. The maximum absolute atomic E-state index is 5.57. The summed E-state index contributed by atoms with van der Waals surface area (Å²) < 4.78 is 5.57. The van der Waals surface area contributed by atoms with Crippen LogP contribution in [0.2, 0.25) is 0 Å². The van der Waals surface area contributed by atoms with E-state index in [1.54, 1.807) is 7.11 Å². The fourth-order valence-corrected chi connectivity index (χ4v) is 1.49. The summed E-state index contributed by atoms with van der Waals surface area (Å²) >= 11 is 0. The number of nitrogens with one attached hydrogen (secondary N) is 1. The number of ether oxygens (including phenoxy) is 1. The van der Waals surface area contributed by atoms with Gasteiger partial charge in [-0.3, -0.25) is 0 Å². The minimum atomic E-state index is -0.111. The second-order valence-electron chi connectivity index (χ2n) is 3.61. The van der Waals surface area contributed by atoms with E-state index < -0.39 is 0 Å². The Balaban J connectivity index is 4.48. The Morgan fingerprint density at radius 1 is 1.43 bits per heavy atom. The predicted octanol–water partition coefficient (Wildman–Crippen LogP) is 2.19. The van der Waals surface area contributed by atoms with Crippen molar-refractivity contribution in [2.75, 3.05) is 13.7 Å². The van der Waals surface area contributed by atoms with Crippen LogP contribution < -0.4 is 5.32 Å². The zero-order chi connectivity index (χ0) is 11.0. The maximum Gasteiger partial charge on any atom is 0.0809 e. The normalized spacial score (nSPS) is 16.6. The molecule has 0 fully saturated rings. The van der Waals surface area contributed by atoms with E-state index in [2.05, 4.69) is 37.9 Å². The zero-order valence-electron chi connectivity index (χ0n) is 10.1. The van der Waals surface area contributed by atoms with Crippen LogP contribution in [-0.4, -0.2) is 25.3 Å². The molecule has 0 bridgehead atoms. The summed E-state index contributed by atoms with van der Waals surface area (Å²) in [5.74, 6) is 6.05. The molecule has 0 aromatic heterocycles. The molecule has 0 rings (SSSR count). The molecule has 2 atom stereocenters. The van der Waals surface area contributed by atoms with Crippen LogP contribution in [0.3, 0.4) is 0 Å². The van der Waals surface area contributed by atoms with E-state index in [0.717, 1.165) is 19.4 Å². The predicted molar refractivity (Wildman–Crippen MR) is 61.2 cm³/mol. The van der Waals surface area contributed by atoms with E-state index in [0.29, 0.717) is 6.04 Å². The highest BCUT2D eigenvalue weighted by molar-refractivity contribution is 5.02. The molecule has 0 aliphatic carbocycles. The van der Waals surface area contributed by atoms with Crippen molar-refractivity contribution in [2.45, 2.75) is 52.2 Å². The van der Waals surface area contributed by atoms with Gasteiger partial charge in [-0.1, -0.05) is 13.8 Å². The lowest BCUT2D eigenvalue weighted by molar-refractivity contribution is -0.0271. The van der Waals surface area contributed by atoms with Crippen LogP contribution in [0.4, 0.5) is 0 Å². The quantitative estimate of drug-likeness (QED) is 0.659. The van der Waals surface area contributed by atoms with Crippen molar-refractivity contribution in [1.82, 2.24) is 5.32 Å². The monoisotopic (exact) mass is 197 g/mol. The first-order valence-electron chi connectivity index (χ1n) is 5.32. The largest absolute Gasteiger partial charge is 0.377 e. The summed E-state index contributed by atoms with van der Waals surface area (Å²) in [7, 11) is 1.77. The first-order valence-corrected chi connectivity index (χ1v) is 5.32. The molecular weight excluding hydrogens is 174 g/mol. The van der Waals surface area contributed by atoms with Crippen molar-refractivity contribution in [3.8, 4) is 11.8 Å². The first kappa shape index (κ1) is 13.5. The average Bonchev–Trinajstić information content (AvgIpc) is 2.23. The smallest absolute Gasteiger partial charge is 0.0809 e. The van der Waals surface area contributed by atoms with E-state index in [4.69, 9.17) is 4.74 Å². The zero-order valence-corrected chi connectivity index (χ0v) is 10.1. The van der Waals surface area contributed by atoms with E-state index in [1.807, 2.05) is 6.92 Å². The number of methoxy groups -OCH3 is 1. The Kier molecular flexibility index (Phi) is 6.61. The Hall–Kier alpha value is -0.520. The van der Waals surface area contributed by atoms with E-state index in [9.17, 15) is 0 Å². The molecule has 0 heterocycles. The molecule has 2 heteroatoms. The third-order valence-electron chi connectivity index (χ3n) is 2.84. The standard InChI is InChI=1S/C12H23NO/c1-6-9-10-11(13-8-3)12(4,7-2)14-5/h11,13H,7-8,10H2,1-5H3. The van der Waals surface area contributed by atoms with Crippen molar-refractivity contribution < 1.29 is 4.74 Å². The second-order valence-corrected chi connectivity index (χ2v) is 3.61. The summed E-state index contributed by atoms with van der Waals surface area (Å²) in [4.78, 5) is 0. The van der Waals surface area contributed by atoms with Gasteiger partial charge in [-0.25, -0.2) is 0 Å². The summed E-state index contributed by atoms with van der Waals surface area (Å²) in [5.41, 5.74) is -0.111. The third kappa shape index (κ3) is 3.69. The molecule has 1 N–H and O–H groups in total. The molecule has 0 radical (unpaired) electrons. The summed E-state index contributed by atoms with van der Waals surface area (Å²) in [5, 5.41) is 3.43. The van der Waals surface area contributed by atoms with Crippen LogP contribution in [0, 0.1) is 11.8 Å². The Labute approximate surface area is 88.4 Å². The second kappa shape index (κ2) is 6.86. The third-order valence-corrected chi connectivity index (χ3v) is 2.84. The van der Waals surface area contributed by atoms with E-state index in [-0.39, 0.29) is 5.60 Å². The molecule has 0 spiro atoms. The van der Waals surface area contributed by atoms with Crippen LogP contribution in [0.25, 0.3) is 0 Å². The molecular formula is C12H23NO. The fraction of sp³-hybridized carbons (Fsp3) is 0.833. The van der Waals surface area contributed by atoms with E-state index in [1.165, 1.54) is 0 Å². The number of likely N-dealkylation sites (N-methyl/N-ethyl adjacent to an activating group) is 1. The van der Waals surface area contributed by atoms with Gasteiger partial charge in [0, 0.05) is 19.6 Å². The molecule has 0 aliphatic heterocycles. The van der Waals surface area contributed by atoms with Gasteiger partial charge >= 0.3 is 0 Å². The Bertz CT molecular complexity index is 198. The minimum Gasteiger partial charge on any atom is -0.377 e. The molecule has 0 aromatic rings. The lowest BCUT2D eigenvalue weighted by Crippen LogP contribution is -2.49. The van der Waals surface area contributed by atoms with Gasteiger partial charge in [0.1, 0.15) is 0 Å². The van der Waals surface area contributed by atoms with Crippen molar-refractivity contribution in [3.63, 3.8) is 0 Å². The highest BCUT2D eigenvalue weighted by Crippen LogP contribution is 2.21. The number of hydrogen-bond acceptors (Lipinski definition) is 2. The molecule has 14 heavy (non-hydrogen) atoms. The lowest BCUT2D eigenvalue weighted by Gasteiger charge is -2.35. The van der Waals surface area contributed by atoms with E-state index >= 15 is 0 Å². The van der Waals surface area contributed by atoms with Crippen LogP contribution in [0.1, 0.15) is 40.5 Å². The first-order chi connectivity index (χ1) is 6.64. The van der Waals surface area contributed by atoms with Crippen LogP contribution >= 0.6 is 0 Å². The van der Waals surface area contributed by atoms with Gasteiger partial charge < -0.3 is 10.1 Å². The molecule has 0 aromatic carbocycles. The number of hydrogen-bond donors (Lipinski definition) is 1. The molecule has 0 aliphatic rings. The topological polar surface area (TPSA) is 21.3 Å². The van der Waals surface area contributed by atoms with Gasteiger partial charge in [-0.05, 0) is 26.8 Å². The molecule has 0 saturated carbocycles. The van der Waals surface area contributed by atoms with Crippen molar-refractivity contribution in [3.05, 3.63) is 0 Å². The average molecular weight is 197 g/mol. The van der Waals surface area contributed by atoms with Crippen molar-refractivity contribution in [1.29, 1.82) is 0 Å². The van der Waals surface area contributed by atoms with Gasteiger partial charge in [0.2, 0.25) is 0 Å². The Morgan fingerprint density at radius 2 is 2.07 bits per heavy atom. The number of rotatable bonds is 6. The maximum atomic E-state index is 5.57. The Morgan fingerprint density at radius 3 is 2.43 bits per heavy atom. The van der Waals surface area contributed by atoms with Gasteiger partial charge in [-0.2, -0.15) is 0 Å². The highest BCUT2D eigenvalue weighted by atomic mass is 16.5.